The Morgan fingerprint density at radius 3 is 2.67 bits per heavy atom. The van der Waals surface area contributed by atoms with Crippen molar-refractivity contribution in [2.24, 2.45) is 0 Å². The van der Waals surface area contributed by atoms with Crippen LogP contribution in [0, 0.1) is 0 Å². The highest BCUT2D eigenvalue weighted by molar-refractivity contribution is 5.64. The molecular weight excluding hydrogens is 298 g/mol. The van der Waals surface area contributed by atoms with Gasteiger partial charge in [-0.3, -0.25) is 0 Å². The number of anilines is 3. The number of benzene rings is 1. The third-order valence-corrected chi connectivity index (χ3v) is 5.12. The molecule has 1 saturated heterocycles. The Morgan fingerprint density at radius 1 is 1.00 bits per heavy atom. The number of piperazine rings is 1. The van der Waals surface area contributed by atoms with Gasteiger partial charge in [0.1, 0.15) is 5.82 Å². The fourth-order valence-corrected chi connectivity index (χ4v) is 3.68. The van der Waals surface area contributed by atoms with E-state index in [9.17, 15) is 0 Å². The molecule has 0 spiro atoms. The second-order valence-electron chi connectivity index (χ2n) is 6.52. The molecule has 0 amide bonds. The lowest BCUT2D eigenvalue weighted by Crippen LogP contribution is -2.46. The van der Waals surface area contributed by atoms with Gasteiger partial charge in [-0.05, 0) is 37.1 Å². The van der Waals surface area contributed by atoms with Gasteiger partial charge in [0.15, 0.2) is 0 Å². The predicted octanol–water partition coefficient (Wildman–Crippen LogP) is 2.70. The first-order valence-corrected chi connectivity index (χ1v) is 9.01. The maximum absolute atomic E-state index is 4.89. The molecule has 24 heavy (non-hydrogen) atoms. The second-order valence-corrected chi connectivity index (χ2v) is 6.52. The Bertz CT molecular complexity index is 694. The molecule has 0 unspecified atom stereocenters. The summed E-state index contributed by atoms with van der Waals surface area (Å²) in [7, 11) is 0. The molecule has 0 radical (unpaired) electrons. The van der Waals surface area contributed by atoms with Crippen LogP contribution in [0.3, 0.4) is 0 Å². The minimum atomic E-state index is 0.831. The third kappa shape index (κ3) is 2.96. The molecule has 5 heteroatoms. The lowest BCUT2D eigenvalue weighted by atomic mass is 10.0. The van der Waals surface area contributed by atoms with E-state index in [-0.39, 0.29) is 0 Å². The van der Waals surface area contributed by atoms with Crippen LogP contribution in [-0.2, 0) is 6.42 Å². The largest absolute Gasteiger partial charge is 0.354 e. The highest BCUT2D eigenvalue weighted by Crippen LogP contribution is 2.31. The van der Waals surface area contributed by atoms with E-state index in [0.29, 0.717) is 0 Å². The van der Waals surface area contributed by atoms with Crippen molar-refractivity contribution in [3.05, 3.63) is 42.1 Å². The zero-order valence-corrected chi connectivity index (χ0v) is 14.4. The molecular formula is C19H25N5. The van der Waals surface area contributed by atoms with E-state index < -0.39 is 0 Å². The van der Waals surface area contributed by atoms with Crippen LogP contribution in [0.2, 0.25) is 0 Å². The van der Waals surface area contributed by atoms with Gasteiger partial charge >= 0.3 is 0 Å². The number of aromatic nitrogens is 2. The Kier molecular flexibility index (Phi) is 4.34. The highest BCUT2D eigenvalue weighted by atomic mass is 15.3. The van der Waals surface area contributed by atoms with Crippen LogP contribution in [-0.4, -0.2) is 54.1 Å². The molecule has 4 rings (SSSR count). The standard InChI is InChI=1S/C19H25N5/c1-2-22-12-14-23(15-13-22)18-9-10-20-19(21-18)24-11-5-7-16-6-3-4-8-17(16)24/h3-4,6,8-10H,2,5,7,11-15H2,1H3. The number of aryl methyl sites for hydroxylation is 1. The quantitative estimate of drug-likeness (QED) is 0.868. The van der Waals surface area contributed by atoms with E-state index in [4.69, 9.17) is 4.98 Å². The van der Waals surface area contributed by atoms with Crippen LogP contribution in [0.25, 0.3) is 0 Å². The summed E-state index contributed by atoms with van der Waals surface area (Å²) in [6.07, 6.45) is 4.20. The average molecular weight is 323 g/mol. The fraction of sp³-hybridized carbons (Fsp3) is 0.474. The van der Waals surface area contributed by atoms with E-state index in [2.05, 4.69) is 50.9 Å². The van der Waals surface area contributed by atoms with E-state index in [0.717, 1.165) is 63.9 Å². The van der Waals surface area contributed by atoms with Crippen LogP contribution < -0.4 is 9.80 Å². The normalized spacial score (nSPS) is 18.5. The fourth-order valence-electron chi connectivity index (χ4n) is 3.68. The Hall–Kier alpha value is -2.14. The summed E-state index contributed by atoms with van der Waals surface area (Å²) in [5.41, 5.74) is 2.66. The monoisotopic (exact) mass is 323 g/mol. The van der Waals surface area contributed by atoms with Gasteiger partial charge in [-0.15, -0.1) is 0 Å². The number of hydrogen-bond acceptors (Lipinski definition) is 5. The molecule has 2 aliphatic heterocycles. The summed E-state index contributed by atoms with van der Waals surface area (Å²) in [6.45, 7) is 8.66. The van der Waals surface area contributed by atoms with Gasteiger partial charge in [0.05, 0.1) is 0 Å². The minimum absolute atomic E-state index is 0.831. The molecule has 0 atom stereocenters. The number of nitrogens with zero attached hydrogens (tertiary/aromatic N) is 5. The van der Waals surface area contributed by atoms with E-state index in [1.807, 2.05) is 12.3 Å². The van der Waals surface area contributed by atoms with Crippen LogP contribution in [0.15, 0.2) is 36.5 Å². The topological polar surface area (TPSA) is 35.5 Å². The molecule has 126 valence electrons. The second kappa shape index (κ2) is 6.77. The zero-order chi connectivity index (χ0) is 16.4. The molecule has 5 nitrogen and oxygen atoms in total. The predicted molar refractivity (Wildman–Crippen MR) is 98.1 cm³/mol. The Balaban J connectivity index is 1.58. The van der Waals surface area contributed by atoms with Crippen LogP contribution in [0.1, 0.15) is 18.9 Å². The lowest BCUT2D eigenvalue weighted by molar-refractivity contribution is 0.270. The molecule has 2 aliphatic rings. The van der Waals surface area contributed by atoms with Gasteiger partial charge in [0.25, 0.3) is 0 Å². The van der Waals surface area contributed by atoms with Gasteiger partial charge in [-0.2, -0.15) is 4.98 Å². The molecule has 0 saturated carbocycles. The van der Waals surface area contributed by atoms with Crippen LogP contribution >= 0.6 is 0 Å². The Labute approximate surface area is 143 Å². The number of para-hydroxylation sites is 1. The molecule has 2 aromatic rings. The van der Waals surface area contributed by atoms with E-state index >= 15 is 0 Å². The third-order valence-electron chi connectivity index (χ3n) is 5.12. The van der Waals surface area contributed by atoms with Crippen molar-refractivity contribution in [1.29, 1.82) is 0 Å². The van der Waals surface area contributed by atoms with Gasteiger partial charge in [-0.1, -0.05) is 25.1 Å². The summed E-state index contributed by atoms with van der Waals surface area (Å²) < 4.78 is 0. The first-order valence-electron chi connectivity index (χ1n) is 9.01. The summed E-state index contributed by atoms with van der Waals surface area (Å²) in [6, 6.07) is 10.7. The van der Waals surface area contributed by atoms with Crippen molar-refractivity contribution in [3.8, 4) is 0 Å². The maximum atomic E-state index is 4.89. The summed E-state index contributed by atoms with van der Waals surface area (Å²) in [5.74, 6) is 1.89. The molecule has 1 fully saturated rings. The van der Waals surface area contributed by atoms with Crippen LogP contribution in [0.4, 0.5) is 17.5 Å². The average Bonchev–Trinajstić information content (AvgIpc) is 2.68. The number of fused-ring (bicyclic) bond motifs is 1. The summed E-state index contributed by atoms with van der Waals surface area (Å²) in [4.78, 5) is 16.6. The molecule has 0 bridgehead atoms. The molecule has 0 N–H and O–H groups in total. The zero-order valence-electron chi connectivity index (χ0n) is 14.4. The van der Waals surface area contributed by atoms with Gasteiger partial charge < -0.3 is 14.7 Å². The lowest BCUT2D eigenvalue weighted by Gasteiger charge is -2.35. The van der Waals surface area contributed by atoms with Gasteiger partial charge in [0.2, 0.25) is 5.95 Å². The highest BCUT2D eigenvalue weighted by Gasteiger charge is 2.22. The number of hydrogen-bond donors (Lipinski definition) is 0. The number of rotatable bonds is 3. The van der Waals surface area contributed by atoms with Gasteiger partial charge in [-0.25, -0.2) is 4.98 Å². The van der Waals surface area contributed by atoms with Crippen molar-refractivity contribution in [2.45, 2.75) is 19.8 Å². The maximum Gasteiger partial charge on any atom is 0.231 e. The molecule has 3 heterocycles. The minimum Gasteiger partial charge on any atom is -0.354 e. The molecule has 1 aromatic carbocycles. The SMILES string of the molecule is CCN1CCN(c2ccnc(N3CCCc4ccccc43)n2)CC1. The Morgan fingerprint density at radius 2 is 1.83 bits per heavy atom. The van der Waals surface area contributed by atoms with E-state index in [1.54, 1.807) is 0 Å². The van der Waals surface area contributed by atoms with Crippen LogP contribution in [0.5, 0.6) is 0 Å². The van der Waals surface area contributed by atoms with E-state index in [1.165, 1.54) is 11.3 Å². The molecule has 0 aliphatic carbocycles. The number of likely N-dealkylation sites (N-methyl/N-ethyl adjacent to an activating group) is 1. The molecule has 1 aromatic heterocycles. The first kappa shape index (κ1) is 15.4. The van der Waals surface area contributed by atoms with Crippen molar-refractivity contribution in [2.75, 3.05) is 49.1 Å². The van der Waals surface area contributed by atoms with Crippen molar-refractivity contribution in [3.63, 3.8) is 0 Å². The van der Waals surface area contributed by atoms with Gasteiger partial charge in [0, 0.05) is 44.6 Å². The van der Waals surface area contributed by atoms with Crippen molar-refractivity contribution in [1.82, 2.24) is 14.9 Å². The van der Waals surface area contributed by atoms with Crippen molar-refractivity contribution >= 4 is 17.5 Å². The smallest absolute Gasteiger partial charge is 0.231 e. The summed E-state index contributed by atoms with van der Waals surface area (Å²) >= 11 is 0. The summed E-state index contributed by atoms with van der Waals surface area (Å²) in [5, 5.41) is 0. The first-order chi connectivity index (χ1) is 11.8. The van der Waals surface area contributed by atoms with Crippen molar-refractivity contribution < 1.29 is 0 Å².